The van der Waals surface area contributed by atoms with Gasteiger partial charge in [-0.05, 0) is 49.7 Å². The number of rotatable bonds is 6. The molecule has 0 atom stereocenters. The number of fused-ring (bicyclic) bond motifs is 1. The largest absolute Gasteiger partial charge is 0.424 e. The minimum absolute atomic E-state index is 0.0141. The number of amides is 1. The normalized spacial score (nSPS) is 10.8. The number of ether oxygens (including phenoxy) is 1. The van der Waals surface area contributed by atoms with E-state index in [4.69, 9.17) is 22.1 Å². The molecule has 41 heavy (non-hydrogen) atoms. The molecule has 0 radical (unpaired) electrons. The molecule has 0 spiro atoms. The van der Waals surface area contributed by atoms with Gasteiger partial charge in [-0.15, -0.1) is 0 Å². The molecule has 3 N–H and O–H groups in total. The van der Waals surface area contributed by atoms with E-state index in [1.54, 1.807) is 37.3 Å². The maximum Gasteiger partial charge on any atom is 0.322 e. The van der Waals surface area contributed by atoms with Gasteiger partial charge in [0, 0.05) is 35.6 Å². The van der Waals surface area contributed by atoms with Crippen LogP contribution in [-0.4, -0.2) is 25.4 Å². The summed E-state index contributed by atoms with van der Waals surface area (Å²) in [5.74, 6) is -0.169. The zero-order chi connectivity index (χ0) is 29.4. The second kappa shape index (κ2) is 10.7. The van der Waals surface area contributed by atoms with Crippen molar-refractivity contribution in [1.29, 1.82) is 5.26 Å². The van der Waals surface area contributed by atoms with Gasteiger partial charge in [-0.2, -0.15) is 10.2 Å². The van der Waals surface area contributed by atoms with Crippen molar-refractivity contribution in [3.8, 4) is 40.2 Å². The van der Waals surface area contributed by atoms with Crippen LogP contribution < -0.4 is 15.8 Å². The van der Waals surface area contributed by atoms with Crippen molar-refractivity contribution in [2.45, 2.75) is 13.8 Å². The molecule has 0 fully saturated rings. The highest BCUT2D eigenvalue weighted by Crippen LogP contribution is 2.45. The molecule has 0 saturated carbocycles. The topological polar surface area (TPSA) is 132 Å². The van der Waals surface area contributed by atoms with Crippen LogP contribution in [0.3, 0.4) is 0 Å². The number of carbonyl (C=O) groups is 1. The van der Waals surface area contributed by atoms with Gasteiger partial charge in [0.05, 0.1) is 39.1 Å². The maximum atomic E-state index is 13.6. The molecule has 204 valence electrons. The quantitative estimate of drug-likeness (QED) is 0.222. The Balaban J connectivity index is 1.66. The Morgan fingerprint density at radius 2 is 1.93 bits per heavy atom. The first-order valence-electron chi connectivity index (χ1n) is 12.3. The fourth-order valence-corrected chi connectivity index (χ4v) is 4.75. The van der Waals surface area contributed by atoms with Crippen LogP contribution in [0.15, 0.2) is 67.0 Å². The SMILES string of the molecule is C=C(C)C(=O)Nc1ccc(-c2c(-c3ccc(Oc4ncc(F)c(C)n4)cc3)c3c(N)ncc(C#N)c3n2C)c(Cl)c1. The number of hydrogen-bond donors (Lipinski definition) is 2. The van der Waals surface area contributed by atoms with E-state index in [2.05, 4.69) is 32.9 Å². The number of aromatic nitrogens is 4. The van der Waals surface area contributed by atoms with E-state index >= 15 is 0 Å². The number of aryl methyl sites for hydroxylation is 2. The van der Waals surface area contributed by atoms with Crippen molar-refractivity contribution in [2.75, 3.05) is 11.1 Å². The van der Waals surface area contributed by atoms with Gasteiger partial charge in [-0.1, -0.05) is 30.3 Å². The second-order valence-corrected chi connectivity index (χ2v) is 9.72. The number of pyridine rings is 1. The van der Waals surface area contributed by atoms with E-state index in [1.165, 1.54) is 13.1 Å². The summed E-state index contributed by atoms with van der Waals surface area (Å²) >= 11 is 6.78. The number of halogens is 2. The molecule has 5 aromatic rings. The Morgan fingerprint density at radius 1 is 1.20 bits per heavy atom. The Morgan fingerprint density at radius 3 is 2.56 bits per heavy atom. The first kappa shape index (κ1) is 27.3. The first-order valence-corrected chi connectivity index (χ1v) is 12.7. The van der Waals surface area contributed by atoms with Crippen molar-refractivity contribution < 1.29 is 13.9 Å². The van der Waals surface area contributed by atoms with Crippen LogP contribution in [0.1, 0.15) is 18.2 Å². The highest BCUT2D eigenvalue weighted by molar-refractivity contribution is 6.34. The summed E-state index contributed by atoms with van der Waals surface area (Å²) < 4.78 is 21.1. The summed E-state index contributed by atoms with van der Waals surface area (Å²) in [6.45, 7) is 6.79. The monoisotopic (exact) mass is 567 g/mol. The molecule has 0 aliphatic rings. The molecule has 1 amide bonds. The number of nitrogens with two attached hydrogens (primary N) is 1. The predicted molar refractivity (Wildman–Crippen MR) is 156 cm³/mol. The zero-order valence-electron chi connectivity index (χ0n) is 22.3. The summed E-state index contributed by atoms with van der Waals surface area (Å²) in [6, 6.07) is 14.4. The maximum absolute atomic E-state index is 13.6. The predicted octanol–water partition coefficient (Wildman–Crippen LogP) is 6.56. The molecular weight excluding hydrogens is 545 g/mol. The lowest BCUT2D eigenvalue weighted by atomic mass is 9.97. The van der Waals surface area contributed by atoms with Gasteiger partial charge >= 0.3 is 6.01 Å². The number of nitrogens with zero attached hydrogens (tertiary/aromatic N) is 5. The average Bonchev–Trinajstić information content (AvgIpc) is 3.25. The van der Waals surface area contributed by atoms with Crippen molar-refractivity contribution in [3.05, 3.63) is 89.1 Å². The lowest BCUT2D eigenvalue weighted by molar-refractivity contribution is -0.112. The number of benzene rings is 2. The minimum atomic E-state index is -0.524. The number of anilines is 2. The van der Waals surface area contributed by atoms with Gasteiger partial charge in [0.15, 0.2) is 5.82 Å². The van der Waals surface area contributed by atoms with Gasteiger partial charge < -0.3 is 20.4 Å². The van der Waals surface area contributed by atoms with Crippen LogP contribution in [0.2, 0.25) is 5.02 Å². The van der Waals surface area contributed by atoms with Crippen LogP contribution in [0, 0.1) is 24.1 Å². The molecule has 2 aromatic carbocycles. The molecule has 3 heterocycles. The fourth-order valence-electron chi connectivity index (χ4n) is 4.48. The number of hydrogen-bond acceptors (Lipinski definition) is 7. The van der Waals surface area contributed by atoms with Crippen LogP contribution in [-0.2, 0) is 11.8 Å². The Hall–Kier alpha value is -5.27. The molecular formula is C30H23ClFN7O2. The summed E-state index contributed by atoms with van der Waals surface area (Å²) in [5, 5.41) is 13.6. The molecule has 0 saturated heterocycles. The van der Waals surface area contributed by atoms with E-state index in [1.807, 2.05) is 23.7 Å². The summed E-state index contributed by atoms with van der Waals surface area (Å²) in [4.78, 5) is 24.3. The van der Waals surface area contributed by atoms with Crippen molar-refractivity contribution >= 4 is 39.9 Å². The highest BCUT2D eigenvalue weighted by Gasteiger charge is 2.25. The highest BCUT2D eigenvalue weighted by atomic mass is 35.5. The van der Waals surface area contributed by atoms with Crippen LogP contribution in [0.5, 0.6) is 11.8 Å². The van der Waals surface area contributed by atoms with Crippen LogP contribution in [0.4, 0.5) is 15.9 Å². The smallest absolute Gasteiger partial charge is 0.322 e. The summed E-state index contributed by atoms with van der Waals surface area (Å²) in [6.07, 6.45) is 2.49. The molecule has 9 nitrogen and oxygen atoms in total. The van der Waals surface area contributed by atoms with E-state index in [0.717, 1.165) is 11.8 Å². The Bertz CT molecular complexity index is 1910. The van der Waals surface area contributed by atoms with Crippen molar-refractivity contribution in [2.24, 2.45) is 7.05 Å². The van der Waals surface area contributed by atoms with Crippen molar-refractivity contribution in [3.63, 3.8) is 0 Å². The Kier molecular flexibility index (Phi) is 7.13. The third kappa shape index (κ3) is 5.06. The lowest BCUT2D eigenvalue weighted by Gasteiger charge is -2.13. The molecule has 3 aromatic heterocycles. The number of nitriles is 1. The molecule has 5 rings (SSSR count). The molecule has 0 aliphatic heterocycles. The van der Waals surface area contributed by atoms with E-state index in [-0.39, 0.29) is 23.4 Å². The number of nitrogen functional groups attached to an aromatic ring is 1. The van der Waals surface area contributed by atoms with Crippen LogP contribution >= 0.6 is 11.6 Å². The average molecular weight is 568 g/mol. The fraction of sp³-hybridized carbons (Fsp3) is 0.100. The van der Waals surface area contributed by atoms with Crippen molar-refractivity contribution in [1.82, 2.24) is 19.5 Å². The minimum Gasteiger partial charge on any atom is -0.424 e. The lowest BCUT2D eigenvalue weighted by Crippen LogP contribution is -2.11. The number of nitrogens with one attached hydrogen (secondary N) is 1. The number of carbonyl (C=O) groups excluding carboxylic acids is 1. The van der Waals surface area contributed by atoms with Gasteiger partial charge in [0.2, 0.25) is 0 Å². The standard InChI is InChI=1S/C30H23ClFN7O2/c1-15(2)29(40)38-19-7-10-21(22(31)11-19)27-24(25-26(39(27)4)18(12-33)13-35-28(25)34)17-5-8-20(9-6-17)41-30-36-14-23(32)16(3)37-30/h5-11,13-14H,1H2,2-4H3,(H2,34,35)(H,38,40). The zero-order valence-corrected chi connectivity index (χ0v) is 23.0. The van der Waals surface area contributed by atoms with E-state index < -0.39 is 5.82 Å². The van der Waals surface area contributed by atoms with E-state index in [0.29, 0.717) is 55.3 Å². The van der Waals surface area contributed by atoms with Gasteiger partial charge in [-0.3, -0.25) is 4.79 Å². The molecule has 0 unspecified atom stereocenters. The van der Waals surface area contributed by atoms with E-state index in [9.17, 15) is 14.4 Å². The van der Waals surface area contributed by atoms with Gasteiger partial charge in [0.25, 0.3) is 5.91 Å². The third-order valence-corrected chi connectivity index (χ3v) is 6.79. The third-order valence-electron chi connectivity index (χ3n) is 6.48. The first-order chi connectivity index (χ1) is 19.6. The second-order valence-electron chi connectivity index (χ2n) is 9.32. The molecule has 11 heteroatoms. The summed E-state index contributed by atoms with van der Waals surface area (Å²) in [5.41, 5.74) is 11.1. The van der Waals surface area contributed by atoms with Gasteiger partial charge in [-0.25, -0.2) is 14.4 Å². The molecule has 0 bridgehead atoms. The Labute approximate surface area is 239 Å². The van der Waals surface area contributed by atoms with Crippen LogP contribution in [0.25, 0.3) is 33.3 Å². The molecule has 0 aliphatic carbocycles. The summed E-state index contributed by atoms with van der Waals surface area (Å²) in [7, 11) is 1.82. The van der Waals surface area contributed by atoms with Gasteiger partial charge in [0.1, 0.15) is 17.6 Å².